The Hall–Kier alpha value is -4.04. The van der Waals surface area contributed by atoms with Gasteiger partial charge in [0.15, 0.2) is 5.11 Å². The smallest absolute Gasteiger partial charge is 0.244 e. The highest BCUT2D eigenvalue weighted by Crippen LogP contribution is 2.41. The summed E-state index contributed by atoms with van der Waals surface area (Å²) in [7, 11) is 0. The Labute approximate surface area is 216 Å². The molecule has 0 spiro atoms. The number of rotatable bonds is 6. The van der Waals surface area contributed by atoms with E-state index in [9.17, 15) is 4.79 Å². The van der Waals surface area contributed by atoms with Crippen molar-refractivity contribution < 1.29 is 4.79 Å². The number of hydrogen-bond acceptors (Lipinski definition) is 4. The van der Waals surface area contributed by atoms with Gasteiger partial charge in [0.05, 0.1) is 17.8 Å². The number of aromatic nitrogens is 3. The Bertz CT molecular complexity index is 1390. The van der Waals surface area contributed by atoms with Gasteiger partial charge in [-0.05, 0) is 80.5 Å². The quantitative estimate of drug-likeness (QED) is 0.374. The van der Waals surface area contributed by atoms with Crippen LogP contribution in [0, 0.1) is 20.8 Å². The minimum absolute atomic E-state index is 0.112. The maximum Gasteiger partial charge on any atom is 0.244 e. The van der Waals surface area contributed by atoms with E-state index in [-0.39, 0.29) is 24.5 Å². The predicted molar refractivity (Wildman–Crippen MR) is 145 cm³/mol. The molecule has 2 atom stereocenters. The lowest BCUT2D eigenvalue weighted by Gasteiger charge is -2.27. The molecular formula is C28H28N6OS. The number of nitrogens with zero attached hydrogens (tertiary/aromatic N) is 4. The number of amides is 1. The van der Waals surface area contributed by atoms with E-state index in [2.05, 4.69) is 51.1 Å². The number of carbonyl (C=O) groups excluding carboxylic acids is 1. The van der Waals surface area contributed by atoms with Crippen molar-refractivity contribution in [2.75, 3.05) is 11.9 Å². The summed E-state index contributed by atoms with van der Waals surface area (Å²) in [6, 6.07) is 21.1. The van der Waals surface area contributed by atoms with Crippen molar-refractivity contribution in [3.63, 3.8) is 0 Å². The number of benzene rings is 1. The Balaban J connectivity index is 1.53. The largest absolute Gasteiger partial charge is 0.352 e. The molecule has 5 rings (SSSR count). The van der Waals surface area contributed by atoms with E-state index in [1.54, 1.807) is 6.20 Å². The van der Waals surface area contributed by atoms with E-state index >= 15 is 0 Å². The summed E-state index contributed by atoms with van der Waals surface area (Å²) < 4.78 is 2.15. The minimum atomic E-state index is -0.223. The van der Waals surface area contributed by atoms with Crippen molar-refractivity contribution in [1.82, 2.24) is 24.8 Å². The van der Waals surface area contributed by atoms with Crippen LogP contribution in [0.1, 0.15) is 40.3 Å². The van der Waals surface area contributed by atoms with Crippen molar-refractivity contribution in [1.29, 1.82) is 0 Å². The average molecular weight is 497 g/mol. The molecule has 3 aromatic heterocycles. The third-order valence-corrected chi connectivity index (χ3v) is 6.84. The first-order valence-electron chi connectivity index (χ1n) is 11.9. The molecule has 7 nitrogen and oxygen atoms in total. The Morgan fingerprint density at radius 1 is 1.03 bits per heavy atom. The molecule has 0 aliphatic carbocycles. The molecule has 0 bridgehead atoms. The summed E-state index contributed by atoms with van der Waals surface area (Å²) in [4.78, 5) is 24.3. The lowest BCUT2D eigenvalue weighted by atomic mass is 9.96. The lowest BCUT2D eigenvalue weighted by molar-refractivity contribution is -0.116. The standard InChI is InChI=1S/C28H28N6OS/c1-18-12-13-24(30-16-18)34-19(2)15-22(20(34)3)27-26(23-11-7-8-14-29-23)32-28(36)33(27)17-25(35)31-21-9-5-4-6-10-21/h4-16,26-27H,17H2,1-3H3,(H,31,35)(H,32,36). The van der Waals surface area contributed by atoms with Crippen LogP contribution < -0.4 is 10.6 Å². The van der Waals surface area contributed by atoms with E-state index in [0.717, 1.165) is 39.7 Å². The van der Waals surface area contributed by atoms with E-state index in [1.807, 2.05) is 72.6 Å². The third-order valence-electron chi connectivity index (χ3n) is 6.48. The first-order valence-corrected chi connectivity index (χ1v) is 12.3. The van der Waals surface area contributed by atoms with Crippen molar-refractivity contribution in [2.45, 2.75) is 32.9 Å². The zero-order valence-electron chi connectivity index (χ0n) is 20.5. The van der Waals surface area contributed by atoms with Crippen molar-refractivity contribution in [3.8, 4) is 5.82 Å². The number of anilines is 1. The van der Waals surface area contributed by atoms with Crippen LogP contribution in [0.4, 0.5) is 5.69 Å². The lowest BCUT2D eigenvalue weighted by Crippen LogP contribution is -2.37. The predicted octanol–water partition coefficient (Wildman–Crippen LogP) is 4.80. The van der Waals surface area contributed by atoms with Gasteiger partial charge in [-0.2, -0.15) is 0 Å². The molecule has 1 amide bonds. The van der Waals surface area contributed by atoms with Crippen LogP contribution in [-0.4, -0.2) is 37.0 Å². The molecule has 8 heteroatoms. The molecule has 1 fully saturated rings. The van der Waals surface area contributed by atoms with Crippen LogP contribution in [0.15, 0.2) is 79.1 Å². The highest BCUT2D eigenvalue weighted by atomic mass is 32.1. The number of nitrogens with one attached hydrogen (secondary N) is 2. The average Bonchev–Trinajstić information content (AvgIpc) is 3.35. The van der Waals surface area contributed by atoms with Crippen LogP contribution >= 0.6 is 12.2 Å². The van der Waals surface area contributed by atoms with Crippen LogP contribution in [0.2, 0.25) is 0 Å². The van der Waals surface area contributed by atoms with Gasteiger partial charge in [-0.3, -0.25) is 9.78 Å². The molecule has 0 radical (unpaired) electrons. The van der Waals surface area contributed by atoms with E-state index < -0.39 is 0 Å². The molecule has 4 aromatic rings. The second-order valence-electron chi connectivity index (χ2n) is 9.02. The fourth-order valence-corrected chi connectivity index (χ4v) is 5.13. The molecule has 1 aromatic carbocycles. The highest BCUT2D eigenvalue weighted by Gasteiger charge is 2.42. The van der Waals surface area contributed by atoms with E-state index in [1.165, 1.54) is 0 Å². The van der Waals surface area contributed by atoms with Gasteiger partial charge in [0.1, 0.15) is 12.4 Å². The maximum atomic E-state index is 13.1. The minimum Gasteiger partial charge on any atom is -0.352 e. The molecule has 182 valence electrons. The third kappa shape index (κ3) is 4.59. The Morgan fingerprint density at radius 3 is 2.50 bits per heavy atom. The van der Waals surface area contributed by atoms with Gasteiger partial charge in [0, 0.05) is 29.5 Å². The molecule has 2 N–H and O–H groups in total. The summed E-state index contributed by atoms with van der Waals surface area (Å²) >= 11 is 5.76. The van der Waals surface area contributed by atoms with Crippen LogP contribution in [0.5, 0.6) is 0 Å². The second-order valence-corrected chi connectivity index (χ2v) is 9.41. The zero-order valence-corrected chi connectivity index (χ0v) is 21.3. The van der Waals surface area contributed by atoms with E-state index in [4.69, 9.17) is 12.2 Å². The summed E-state index contributed by atoms with van der Waals surface area (Å²) in [5.74, 6) is 0.726. The second kappa shape index (κ2) is 9.91. The topological polar surface area (TPSA) is 75.1 Å². The molecule has 1 saturated heterocycles. The molecule has 2 unspecified atom stereocenters. The molecule has 4 heterocycles. The molecule has 1 aliphatic rings. The van der Waals surface area contributed by atoms with Crippen molar-refractivity contribution in [3.05, 3.63) is 107 Å². The van der Waals surface area contributed by atoms with Crippen molar-refractivity contribution >= 4 is 28.9 Å². The number of para-hydroxylation sites is 1. The summed E-state index contributed by atoms with van der Waals surface area (Å²) in [5.41, 5.74) is 5.92. The van der Waals surface area contributed by atoms with Gasteiger partial charge in [0.25, 0.3) is 0 Å². The Morgan fingerprint density at radius 2 is 1.81 bits per heavy atom. The number of thiocarbonyl (C=S) groups is 1. The summed E-state index contributed by atoms with van der Waals surface area (Å²) in [6.07, 6.45) is 3.65. The zero-order chi connectivity index (χ0) is 25.2. The number of aryl methyl sites for hydroxylation is 2. The van der Waals surface area contributed by atoms with E-state index in [0.29, 0.717) is 5.11 Å². The van der Waals surface area contributed by atoms with Gasteiger partial charge >= 0.3 is 0 Å². The number of hydrogen-bond donors (Lipinski definition) is 2. The fourth-order valence-electron chi connectivity index (χ4n) is 4.82. The molecule has 0 saturated carbocycles. The van der Waals surface area contributed by atoms with Gasteiger partial charge in [0.2, 0.25) is 5.91 Å². The van der Waals surface area contributed by atoms with Gasteiger partial charge < -0.3 is 20.1 Å². The maximum absolute atomic E-state index is 13.1. The molecule has 1 aliphatic heterocycles. The summed E-state index contributed by atoms with van der Waals surface area (Å²) in [6.45, 7) is 6.30. The highest BCUT2D eigenvalue weighted by molar-refractivity contribution is 7.80. The van der Waals surface area contributed by atoms with Crippen molar-refractivity contribution in [2.24, 2.45) is 0 Å². The van der Waals surface area contributed by atoms with Gasteiger partial charge in [-0.25, -0.2) is 4.98 Å². The monoisotopic (exact) mass is 496 g/mol. The summed E-state index contributed by atoms with van der Waals surface area (Å²) in [5, 5.41) is 6.94. The number of pyridine rings is 2. The molecular weight excluding hydrogens is 468 g/mol. The van der Waals surface area contributed by atoms with Crippen LogP contribution in [-0.2, 0) is 4.79 Å². The van der Waals surface area contributed by atoms with Crippen LogP contribution in [0.25, 0.3) is 5.82 Å². The van der Waals surface area contributed by atoms with Crippen LogP contribution in [0.3, 0.4) is 0 Å². The normalized spacial score (nSPS) is 17.2. The van der Waals surface area contributed by atoms with Gasteiger partial charge in [-0.1, -0.05) is 30.3 Å². The Kier molecular flexibility index (Phi) is 6.52. The fraction of sp³-hybridized carbons (Fsp3) is 0.214. The first kappa shape index (κ1) is 23.7. The molecule has 36 heavy (non-hydrogen) atoms. The van der Waals surface area contributed by atoms with Gasteiger partial charge in [-0.15, -0.1) is 0 Å². The number of carbonyl (C=O) groups is 1. The SMILES string of the molecule is Cc1ccc(-n2c(C)cc(C3C(c4ccccn4)NC(=S)N3CC(=O)Nc3ccccc3)c2C)nc1. The first-order chi connectivity index (χ1) is 17.4.